The number of anilines is 1. The highest BCUT2D eigenvalue weighted by Gasteiger charge is 2.11. The van der Waals surface area contributed by atoms with E-state index in [9.17, 15) is 4.79 Å². The maximum absolute atomic E-state index is 11.3. The van der Waals surface area contributed by atoms with E-state index in [0.29, 0.717) is 38.9 Å². The molecule has 1 heterocycles. The predicted molar refractivity (Wildman–Crippen MR) is 126 cm³/mol. The Kier molecular flexibility index (Phi) is 6.14. The van der Waals surface area contributed by atoms with Crippen LogP contribution in [-0.2, 0) is 4.79 Å². The van der Waals surface area contributed by atoms with Crippen LogP contribution in [0, 0.1) is 0 Å². The normalized spacial score (nSPS) is 11.4. The Hall–Kier alpha value is -3.77. The lowest BCUT2D eigenvalue weighted by molar-refractivity contribution is -0.114. The van der Waals surface area contributed by atoms with Gasteiger partial charge >= 0.3 is 0 Å². The molecule has 162 valence electrons. The summed E-state index contributed by atoms with van der Waals surface area (Å²) in [5.41, 5.74) is 2.90. The van der Waals surface area contributed by atoms with Crippen LogP contribution in [0.3, 0.4) is 0 Å². The summed E-state index contributed by atoms with van der Waals surface area (Å²) >= 11 is 6.24. The van der Waals surface area contributed by atoms with Gasteiger partial charge in [-0.1, -0.05) is 11.6 Å². The van der Waals surface area contributed by atoms with Crippen LogP contribution >= 0.6 is 11.6 Å². The van der Waals surface area contributed by atoms with Crippen LogP contribution in [0.1, 0.15) is 6.92 Å². The van der Waals surface area contributed by atoms with E-state index in [0.717, 1.165) is 16.6 Å². The summed E-state index contributed by atoms with van der Waals surface area (Å²) < 4.78 is 16.9. The second-order valence-electron chi connectivity index (χ2n) is 7.05. The molecule has 1 amide bonds. The van der Waals surface area contributed by atoms with Crippen LogP contribution in [-0.4, -0.2) is 20.1 Å². The molecule has 0 atom stereocenters. The molecule has 0 unspecified atom stereocenters. The molecule has 0 aliphatic carbocycles. The summed E-state index contributed by atoms with van der Waals surface area (Å²) in [6, 6.07) is 20.1. The lowest BCUT2D eigenvalue weighted by atomic mass is 10.1. The minimum atomic E-state index is -0.125. The molecule has 3 aromatic carbocycles. The monoisotopic (exact) mass is 448 g/mol. The van der Waals surface area contributed by atoms with Crippen molar-refractivity contribution in [2.75, 3.05) is 19.5 Å². The number of amides is 1. The van der Waals surface area contributed by atoms with E-state index >= 15 is 0 Å². The maximum Gasteiger partial charge on any atom is 0.221 e. The Balaban J connectivity index is 1.87. The number of carbonyl (C=O) groups is 1. The number of benzene rings is 3. The van der Waals surface area contributed by atoms with Gasteiger partial charge in [0.1, 0.15) is 11.3 Å². The molecule has 32 heavy (non-hydrogen) atoms. The van der Waals surface area contributed by atoms with E-state index in [1.165, 1.54) is 6.92 Å². The third-order valence-electron chi connectivity index (χ3n) is 4.81. The number of ether oxygens (including phenoxy) is 2. The molecular formula is C25H21ClN2O4. The molecule has 4 rings (SSSR count). The van der Waals surface area contributed by atoms with Gasteiger partial charge in [-0.2, -0.15) is 0 Å². The van der Waals surface area contributed by atoms with Crippen molar-refractivity contribution < 1.29 is 18.7 Å². The van der Waals surface area contributed by atoms with Crippen LogP contribution in [0.2, 0.25) is 5.02 Å². The van der Waals surface area contributed by atoms with E-state index < -0.39 is 0 Å². The van der Waals surface area contributed by atoms with Gasteiger partial charge in [0.25, 0.3) is 0 Å². The Morgan fingerprint density at radius 1 is 0.938 bits per heavy atom. The van der Waals surface area contributed by atoms with Gasteiger partial charge in [-0.15, -0.1) is 0 Å². The third-order valence-corrected chi connectivity index (χ3v) is 5.05. The molecule has 0 bridgehead atoms. The van der Waals surface area contributed by atoms with E-state index in [-0.39, 0.29) is 5.91 Å². The summed E-state index contributed by atoms with van der Waals surface area (Å²) in [7, 11) is 3.18. The van der Waals surface area contributed by atoms with Crippen molar-refractivity contribution in [3.63, 3.8) is 0 Å². The van der Waals surface area contributed by atoms with Gasteiger partial charge in [0.2, 0.25) is 5.91 Å². The Labute approximate surface area is 190 Å². The number of methoxy groups -OCH3 is 2. The van der Waals surface area contributed by atoms with Crippen molar-refractivity contribution in [3.05, 3.63) is 77.1 Å². The summed E-state index contributed by atoms with van der Waals surface area (Å²) in [6.45, 7) is 1.47. The van der Waals surface area contributed by atoms with Gasteiger partial charge in [0, 0.05) is 34.6 Å². The van der Waals surface area contributed by atoms with E-state index in [4.69, 9.17) is 30.5 Å². The first-order chi connectivity index (χ1) is 15.5. The van der Waals surface area contributed by atoms with Crippen LogP contribution in [0.4, 0.5) is 11.4 Å². The fourth-order valence-electron chi connectivity index (χ4n) is 3.33. The minimum Gasteiger partial charge on any atom is -0.493 e. The van der Waals surface area contributed by atoms with Crippen LogP contribution in [0.15, 0.2) is 76.1 Å². The van der Waals surface area contributed by atoms with Crippen LogP contribution in [0.5, 0.6) is 11.5 Å². The molecule has 0 saturated carbocycles. The van der Waals surface area contributed by atoms with E-state index in [1.54, 1.807) is 32.4 Å². The average Bonchev–Trinajstić information content (AvgIpc) is 2.79. The number of nitrogens with zero attached hydrogens (tertiary/aromatic N) is 1. The van der Waals surface area contributed by atoms with Gasteiger partial charge in [-0.3, -0.25) is 4.79 Å². The number of nitrogens with one attached hydrogen (secondary N) is 1. The maximum atomic E-state index is 11.3. The average molecular weight is 449 g/mol. The van der Waals surface area contributed by atoms with Gasteiger partial charge in [0.05, 0.1) is 25.3 Å². The Bertz CT molecular complexity index is 1360. The van der Waals surface area contributed by atoms with Crippen LogP contribution < -0.4 is 20.1 Å². The van der Waals surface area contributed by atoms with Crippen molar-refractivity contribution in [2.45, 2.75) is 6.92 Å². The zero-order valence-corrected chi connectivity index (χ0v) is 18.6. The summed E-state index contributed by atoms with van der Waals surface area (Å²) in [5.74, 6) is 1.73. The number of halogens is 1. The molecule has 0 aliphatic heterocycles. The largest absolute Gasteiger partial charge is 0.493 e. The van der Waals surface area contributed by atoms with Crippen molar-refractivity contribution in [1.82, 2.24) is 0 Å². The number of carbonyl (C=O) groups excluding carboxylic acids is 1. The topological polar surface area (TPSA) is 73.1 Å². The number of hydrogen-bond donors (Lipinski definition) is 1. The molecule has 0 aliphatic rings. The zero-order chi connectivity index (χ0) is 22.7. The molecule has 0 spiro atoms. The lowest BCUT2D eigenvalue weighted by Gasteiger charge is -2.10. The number of fused-ring (bicyclic) bond motifs is 1. The van der Waals surface area contributed by atoms with Gasteiger partial charge in [-0.25, -0.2) is 4.99 Å². The highest BCUT2D eigenvalue weighted by Crippen LogP contribution is 2.33. The van der Waals surface area contributed by atoms with Crippen molar-refractivity contribution in [1.29, 1.82) is 0 Å². The molecule has 4 aromatic rings. The predicted octanol–water partition coefficient (Wildman–Crippen LogP) is 5.96. The molecule has 0 fully saturated rings. The van der Waals surface area contributed by atoms with Gasteiger partial charge in [0.15, 0.2) is 11.5 Å². The SMILES string of the molecule is COc1ccc(-c2cc(=Nc3ccc(NC(C)=O)cc3)c3cc(Cl)ccc3o2)cc1OC. The molecular weight excluding hydrogens is 428 g/mol. The molecule has 0 saturated heterocycles. The Morgan fingerprint density at radius 2 is 1.69 bits per heavy atom. The van der Waals surface area contributed by atoms with Crippen LogP contribution in [0.25, 0.3) is 22.3 Å². The second kappa shape index (κ2) is 9.16. The quantitative estimate of drug-likeness (QED) is 0.408. The standard InChI is InChI=1S/C25H21ClN2O4/c1-15(29)27-18-6-8-19(9-7-18)28-21-14-24(32-22-11-5-17(26)13-20(21)22)16-4-10-23(30-2)25(12-16)31-3/h4-14H,1-3H3,(H,27,29). The molecule has 6 nitrogen and oxygen atoms in total. The first kappa shape index (κ1) is 21.5. The summed E-state index contributed by atoms with van der Waals surface area (Å²) in [6.07, 6.45) is 0. The fraction of sp³-hybridized carbons (Fsp3) is 0.120. The van der Waals surface area contributed by atoms with E-state index in [2.05, 4.69) is 5.32 Å². The molecule has 1 aromatic heterocycles. The molecule has 7 heteroatoms. The van der Waals surface area contributed by atoms with Gasteiger partial charge in [-0.05, 0) is 60.7 Å². The van der Waals surface area contributed by atoms with Crippen molar-refractivity contribution in [3.8, 4) is 22.8 Å². The first-order valence-electron chi connectivity index (χ1n) is 9.85. The smallest absolute Gasteiger partial charge is 0.221 e. The highest BCUT2D eigenvalue weighted by molar-refractivity contribution is 6.31. The zero-order valence-electron chi connectivity index (χ0n) is 17.8. The van der Waals surface area contributed by atoms with Crippen molar-refractivity contribution in [2.24, 2.45) is 4.99 Å². The fourth-order valence-corrected chi connectivity index (χ4v) is 3.50. The first-order valence-corrected chi connectivity index (χ1v) is 10.2. The lowest BCUT2D eigenvalue weighted by Crippen LogP contribution is -2.05. The highest BCUT2D eigenvalue weighted by atomic mass is 35.5. The number of rotatable bonds is 5. The Morgan fingerprint density at radius 3 is 2.38 bits per heavy atom. The second-order valence-corrected chi connectivity index (χ2v) is 7.48. The number of hydrogen-bond acceptors (Lipinski definition) is 5. The minimum absolute atomic E-state index is 0.125. The summed E-state index contributed by atoms with van der Waals surface area (Å²) in [5, 5.41) is 4.82. The van der Waals surface area contributed by atoms with E-state index in [1.807, 2.05) is 48.5 Å². The molecule has 0 radical (unpaired) electrons. The van der Waals surface area contributed by atoms with Crippen molar-refractivity contribution >= 4 is 39.9 Å². The molecule has 1 N–H and O–H groups in total. The summed E-state index contributed by atoms with van der Waals surface area (Å²) in [4.78, 5) is 16.1. The van der Waals surface area contributed by atoms with Gasteiger partial charge < -0.3 is 19.2 Å². The third kappa shape index (κ3) is 4.60.